The molecule has 92 valence electrons. The number of halogens is 1. The van der Waals surface area contributed by atoms with Gasteiger partial charge in [-0.25, -0.2) is 0 Å². The van der Waals surface area contributed by atoms with Crippen LogP contribution in [-0.4, -0.2) is 28.6 Å². The standard InChI is InChI=1S/C9H10IN3O4/c10-5-1-2-6(7(3-5)13(16)17)12-4-8(14)9(11)15/h1-3,8,12,14H,4H2,(H2,11,15). The molecule has 0 aliphatic heterocycles. The maximum atomic E-state index is 10.8. The molecule has 0 aliphatic carbocycles. The Bertz CT molecular complexity index is 452. The van der Waals surface area contributed by atoms with Gasteiger partial charge >= 0.3 is 0 Å². The van der Waals surface area contributed by atoms with Crippen molar-refractivity contribution in [2.75, 3.05) is 11.9 Å². The van der Waals surface area contributed by atoms with Crippen molar-refractivity contribution >= 4 is 39.9 Å². The van der Waals surface area contributed by atoms with Crippen molar-refractivity contribution in [2.45, 2.75) is 6.10 Å². The predicted molar refractivity (Wildman–Crippen MR) is 69.5 cm³/mol. The van der Waals surface area contributed by atoms with Crippen LogP contribution in [0.15, 0.2) is 18.2 Å². The van der Waals surface area contributed by atoms with E-state index in [1.807, 2.05) is 22.6 Å². The Balaban J connectivity index is 2.84. The van der Waals surface area contributed by atoms with E-state index in [0.29, 0.717) is 0 Å². The van der Waals surface area contributed by atoms with E-state index in [2.05, 4.69) is 5.32 Å². The fourth-order valence-corrected chi connectivity index (χ4v) is 1.59. The van der Waals surface area contributed by atoms with Crippen LogP contribution in [0, 0.1) is 13.7 Å². The minimum absolute atomic E-state index is 0.117. The number of benzene rings is 1. The van der Waals surface area contributed by atoms with Crippen molar-refractivity contribution in [3.63, 3.8) is 0 Å². The molecular weight excluding hydrogens is 341 g/mol. The lowest BCUT2D eigenvalue weighted by atomic mass is 10.2. The van der Waals surface area contributed by atoms with E-state index in [0.717, 1.165) is 3.57 Å². The topological polar surface area (TPSA) is 118 Å². The monoisotopic (exact) mass is 351 g/mol. The Hall–Kier alpha value is -1.42. The smallest absolute Gasteiger partial charge is 0.293 e. The number of carbonyl (C=O) groups excluding carboxylic acids is 1. The summed E-state index contributed by atoms with van der Waals surface area (Å²) in [5.74, 6) is -0.884. The number of nitrogens with one attached hydrogen (secondary N) is 1. The molecule has 0 heterocycles. The minimum Gasteiger partial charge on any atom is -0.381 e. The second kappa shape index (κ2) is 5.77. The lowest BCUT2D eigenvalue weighted by molar-refractivity contribution is -0.384. The maximum Gasteiger partial charge on any atom is 0.293 e. The first-order chi connectivity index (χ1) is 7.91. The number of nitrogens with zero attached hydrogens (tertiary/aromatic N) is 1. The van der Waals surface area contributed by atoms with Gasteiger partial charge in [0, 0.05) is 9.64 Å². The summed E-state index contributed by atoms with van der Waals surface area (Å²) in [6.45, 7) is -0.170. The van der Waals surface area contributed by atoms with E-state index in [4.69, 9.17) is 10.8 Å². The van der Waals surface area contributed by atoms with Crippen LogP contribution in [0.25, 0.3) is 0 Å². The summed E-state index contributed by atoms with van der Waals surface area (Å²) in [6.07, 6.45) is -1.38. The number of hydrogen-bond acceptors (Lipinski definition) is 5. The van der Waals surface area contributed by atoms with Gasteiger partial charge in [0.1, 0.15) is 11.8 Å². The molecule has 0 aromatic heterocycles. The molecule has 0 aliphatic rings. The zero-order chi connectivity index (χ0) is 13.0. The van der Waals surface area contributed by atoms with Crippen LogP contribution in [0.4, 0.5) is 11.4 Å². The number of anilines is 1. The summed E-state index contributed by atoms with van der Waals surface area (Å²) in [4.78, 5) is 20.8. The molecule has 4 N–H and O–H groups in total. The normalized spacial score (nSPS) is 11.9. The number of nitro benzene ring substituents is 1. The quantitative estimate of drug-likeness (QED) is 0.405. The van der Waals surface area contributed by atoms with Gasteiger partial charge in [-0.15, -0.1) is 0 Å². The molecule has 17 heavy (non-hydrogen) atoms. The molecule has 0 bridgehead atoms. The first-order valence-electron chi connectivity index (χ1n) is 4.57. The number of aliphatic hydroxyl groups excluding tert-OH is 1. The van der Waals surface area contributed by atoms with Gasteiger partial charge in [0.25, 0.3) is 5.69 Å². The molecule has 1 aromatic rings. The van der Waals surface area contributed by atoms with Gasteiger partial charge in [-0.2, -0.15) is 0 Å². The third kappa shape index (κ3) is 3.82. The highest BCUT2D eigenvalue weighted by molar-refractivity contribution is 14.1. The van der Waals surface area contributed by atoms with Crippen molar-refractivity contribution < 1.29 is 14.8 Å². The third-order valence-electron chi connectivity index (χ3n) is 1.97. The molecule has 1 atom stereocenters. The van der Waals surface area contributed by atoms with Gasteiger partial charge in [-0.3, -0.25) is 14.9 Å². The lowest BCUT2D eigenvalue weighted by Gasteiger charge is -2.10. The average Bonchev–Trinajstić information content (AvgIpc) is 2.26. The van der Waals surface area contributed by atoms with Gasteiger partial charge in [0.2, 0.25) is 5.91 Å². The van der Waals surface area contributed by atoms with Gasteiger partial charge < -0.3 is 16.2 Å². The van der Waals surface area contributed by atoms with Gasteiger partial charge in [-0.05, 0) is 34.7 Å². The molecule has 1 aromatic carbocycles. The van der Waals surface area contributed by atoms with E-state index in [1.54, 1.807) is 6.07 Å². The second-order valence-electron chi connectivity index (χ2n) is 3.22. The number of nitro groups is 1. The Morgan fingerprint density at radius 2 is 2.29 bits per heavy atom. The zero-order valence-electron chi connectivity index (χ0n) is 8.59. The molecule has 0 saturated carbocycles. The summed E-state index contributed by atoms with van der Waals surface area (Å²) in [5.41, 5.74) is 4.97. The largest absolute Gasteiger partial charge is 0.381 e. The predicted octanol–water partition coefficient (Wildman–Crippen LogP) is 0.457. The third-order valence-corrected chi connectivity index (χ3v) is 2.64. The van der Waals surface area contributed by atoms with Crippen LogP contribution in [0.2, 0.25) is 0 Å². The van der Waals surface area contributed by atoms with Crippen LogP contribution >= 0.6 is 22.6 Å². The molecule has 1 rings (SSSR count). The first-order valence-corrected chi connectivity index (χ1v) is 5.65. The molecule has 1 amide bonds. The molecule has 0 radical (unpaired) electrons. The van der Waals surface area contributed by atoms with Crippen LogP contribution in [0.5, 0.6) is 0 Å². The Labute approximate surface area is 110 Å². The van der Waals surface area contributed by atoms with E-state index in [-0.39, 0.29) is 17.9 Å². The van der Waals surface area contributed by atoms with Crippen LogP contribution in [0.1, 0.15) is 0 Å². The Morgan fingerprint density at radius 3 is 2.82 bits per heavy atom. The van der Waals surface area contributed by atoms with Crippen LogP contribution < -0.4 is 11.1 Å². The van der Waals surface area contributed by atoms with Crippen LogP contribution in [0.3, 0.4) is 0 Å². The summed E-state index contributed by atoms with van der Waals surface area (Å²) in [7, 11) is 0. The Kier molecular flexibility index (Phi) is 4.63. The summed E-state index contributed by atoms with van der Waals surface area (Å²) < 4.78 is 0.718. The van der Waals surface area contributed by atoms with Gasteiger partial charge in [0.05, 0.1) is 11.5 Å². The van der Waals surface area contributed by atoms with E-state index < -0.39 is 16.9 Å². The van der Waals surface area contributed by atoms with Gasteiger partial charge in [-0.1, -0.05) is 0 Å². The molecule has 0 fully saturated rings. The molecule has 7 nitrogen and oxygen atoms in total. The maximum absolute atomic E-state index is 10.8. The zero-order valence-corrected chi connectivity index (χ0v) is 10.7. The number of nitrogens with two attached hydrogens (primary N) is 1. The lowest BCUT2D eigenvalue weighted by Crippen LogP contribution is -2.34. The van der Waals surface area contributed by atoms with Crippen molar-refractivity contribution in [1.29, 1.82) is 0 Å². The van der Waals surface area contributed by atoms with E-state index in [1.165, 1.54) is 12.1 Å². The number of rotatable bonds is 5. The van der Waals surface area contributed by atoms with Crippen molar-refractivity contribution in [3.05, 3.63) is 31.9 Å². The second-order valence-corrected chi connectivity index (χ2v) is 4.46. The first kappa shape index (κ1) is 13.6. The van der Waals surface area contributed by atoms with Crippen molar-refractivity contribution in [1.82, 2.24) is 0 Å². The summed E-state index contributed by atoms with van der Waals surface area (Å²) >= 11 is 1.95. The molecular formula is C9H10IN3O4. The number of hydrogen-bond donors (Lipinski definition) is 3. The molecule has 1 unspecified atom stereocenters. The highest BCUT2D eigenvalue weighted by atomic mass is 127. The molecule has 0 spiro atoms. The number of primary amides is 1. The van der Waals surface area contributed by atoms with Crippen LogP contribution in [-0.2, 0) is 4.79 Å². The fourth-order valence-electron chi connectivity index (χ4n) is 1.11. The van der Waals surface area contributed by atoms with Crippen molar-refractivity contribution in [2.24, 2.45) is 5.73 Å². The number of carbonyl (C=O) groups is 1. The highest BCUT2D eigenvalue weighted by Gasteiger charge is 2.16. The molecule has 8 heteroatoms. The SMILES string of the molecule is NC(=O)C(O)CNc1ccc(I)cc1[N+](=O)[O-]. The average molecular weight is 351 g/mol. The van der Waals surface area contributed by atoms with Gasteiger partial charge in [0.15, 0.2) is 0 Å². The Morgan fingerprint density at radius 1 is 1.65 bits per heavy atom. The summed E-state index contributed by atoms with van der Waals surface area (Å²) in [6, 6.07) is 4.57. The minimum atomic E-state index is -1.38. The summed E-state index contributed by atoms with van der Waals surface area (Å²) in [5, 5.41) is 22.5. The highest BCUT2D eigenvalue weighted by Crippen LogP contribution is 2.26. The van der Waals surface area contributed by atoms with E-state index in [9.17, 15) is 14.9 Å². The van der Waals surface area contributed by atoms with Crippen molar-refractivity contribution in [3.8, 4) is 0 Å². The number of amides is 1. The van der Waals surface area contributed by atoms with E-state index >= 15 is 0 Å². The molecule has 0 saturated heterocycles. The fraction of sp³-hybridized carbons (Fsp3) is 0.222. The number of aliphatic hydroxyl groups is 1.